The molecule has 0 bridgehead atoms. The lowest BCUT2D eigenvalue weighted by molar-refractivity contribution is 0.0950. The molecule has 0 saturated heterocycles. The first-order valence-electron chi connectivity index (χ1n) is 12.2. The van der Waals surface area contributed by atoms with Crippen LogP contribution in [0.1, 0.15) is 27.0 Å². The molecule has 0 heterocycles. The SMILES string of the molecule is O=C(N/N=C/c1ccc(OCc2cccc3ccccc23)cc1)c1ccccc1OCc1ccccc1Cl. The number of ether oxygens (including phenoxy) is 2. The van der Waals surface area contributed by atoms with E-state index in [-0.39, 0.29) is 12.5 Å². The molecule has 0 saturated carbocycles. The summed E-state index contributed by atoms with van der Waals surface area (Å²) in [5.74, 6) is 0.836. The highest BCUT2D eigenvalue weighted by molar-refractivity contribution is 6.31. The highest BCUT2D eigenvalue weighted by atomic mass is 35.5. The summed E-state index contributed by atoms with van der Waals surface area (Å²) in [6, 6.07) is 36.5. The van der Waals surface area contributed by atoms with E-state index in [1.54, 1.807) is 30.5 Å². The van der Waals surface area contributed by atoms with Crippen molar-refractivity contribution in [2.45, 2.75) is 13.2 Å². The number of hydrazone groups is 1. The topological polar surface area (TPSA) is 59.9 Å². The summed E-state index contributed by atoms with van der Waals surface area (Å²) in [5, 5.41) is 7.10. The van der Waals surface area contributed by atoms with Crippen LogP contribution in [0, 0.1) is 0 Å². The third-order valence-electron chi connectivity index (χ3n) is 6.01. The number of nitrogens with one attached hydrogen (secondary N) is 1. The Morgan fingerprint density at radius 1 is 0.737 bits per heavy atom. The van der Waals surface area contributed by atoms with Gasteiger partial charge in [-0.2, -0.15) is 5.10 Å². The molecule has 0 aliphatic carbocycles. The Hall–Kier alpha value is -4.61. The number of hydrogen-bond donors (Lipinski definition) is 1. The second-order valence-electron chi connectivity index (χ2n) is 8.57. The Balaban J connectivity index is 1.16. The van der Waals surface area contributed by atoms with Crippen LogP contribution in [0.4, 0.5) is 0 Å². The van der Waals surface area contributed by atoms with Crippen LogP contribution in [0.2, 0.25) is 5.02 Å². The predicted octanol–water partition coefficient (Wildman–Crippen LogP) is 7.42. The number of benzene rings is 5. The zero-order valence-corrected chi connectivity index (χ0v) is 21.3. The number of para-hydroxylation sites is 1. The number of carbonyl (C=O) groups excluding carboxylic acids is 1. The number of fused-ring (bicyclic) bond motifs is 1. The molecule has 0 aliphatic rings. The highest BCUT2D eigenvalue weighted by Crippen LogP contribution is 2.23. The summed E-state index contributed by atoms with van der Waals surface area (Å²) >= 11 is 6.21. The lowest BCUT2D eigenvalue weighted by atomic mass is 10.1. The van der Waals surface area contributed by atoms with Gasteiger partial charge in [0.1, 0.15) is 24.7 Å². The van der Waals surface area contributed by atoms with Crippen molar-refractivity contribution in [2.75, 3.05) is 0 Å². The minimum atomic E-state index is -0.369. The fourth-order valence-corrected chi connectivity index (χ4v) is 4.20. The summed E-state index contributed by atoms with van der Waals surface area (Å²) in [4.78, 5) is 12.8. The van der Waals surface area contributed by atoms with Crippen LogP contribution < -0.4 is 14.9 Å². The first-order chi connectivity index (χ1) is 18.7. The van der Waals surface area contributed by atoms with Gasteiger partial charge in [-0.1, -0.05) is 84.4 Å². The molecule has 5 rings (SSSR count). The summed E-state index contributed by atoms with van der Waals surface area (Å²) in [6.07, 6.45) is 1.58. The van der Waals surface area contributed by atoms with Gasteiger partial charge in [0, 0.05) is 10.6 Å². The molecule has 0 spiro atoms. The first-order valence-corrected chi connectivity index (χ1v) is 12.5. The normalized spacial score (nSPS) is 11.0. The number of rotatable bonds is 9. The van der Waals surface area contributed by atoms with Crippen molar-refractivity contribution in [3.05, 3.63) is 143 Å². The molecule has 38 heavy (non-hydrogen) atoms. The summed E-state index contributed by atoms with van der Waals surface area (Å²) < 4.78 is 11.9. The van der Waals surface area contributed by atoms with E-state index in [4.69, 9.17) is 21.1 Å². The molecule has 1 amide bonds. The minimum absolute atomic E-state index is 0.252. The Labute approximate surface area is 226 Å². The van der Waals surface area contributed by atoms with E-state index in [9.17, 15) is 4.79 Å². The van der Waals surface area contributed by atoms with Gasteiger partial charge < -0.3 is 9.47 Å². The van der Waals surface area contributed by atoms with Gasteiger partial charge in [0.05, 0.1) is 11.8 Å². The van der Waals surface area contributed by atoms with Gasteiger partial charge in [0.25, 0.3) is 5.91 Å². The van der Waals surface area contributed by atoms with Crippen molar-refractivity contribution in [2.24, 2.45) is 5.10 Å². The van der Waals surface area contributed by atoms with Crippen LogP contribution in [-0.4, -0.2) is 12.1 Å². The van der Waals surface area contributed by atoms with Crippen molar-refractivity contribution in [1.82, 2.24) is 5.43 Å². The Kier molecular flexibility index (Phi) is 7.97. The molecule has 0 fully saturated rings. The maximum atomic E-state index is 12.8. The third kappa shape index (κ3) is 6.20. The van der Waals surface area contributed by atoms with E-state index in [0.29, 0.717) is 22.9 Å². The molecule has 5 nitrogen and oxygen atoms in total. The van der Waals surface area contributed by atoms with Gasteiger partial charge in [0.2, 0.25) is 0 Å². The van der Waals surface area contributed by atoms with Crippen LogP contribution in [0.25, 0.3) is 10.8 Å². The average Bonchev–Trinajstić information content (AvgIpc) is 2.96. The largest absolute Gasteiger partial charge is 0.489 e. The number of amides is 1. The van der Waals surface area contributed by atoms with Crippen molar-refractivity contribution in [3.8, 4) is 11.5 Å². The van der Waals surface area contributed by atoms with E-state index < -0.39 is 0 Å². The third-order valence-corrected chi connectivity index (χ3v) is 6.38. The van der Waals surface area contributed by atoms with Gasteiger partial charge >= 0.3 is 0 Å². The van der Waals surface area contributed by atoms with Crippen LogP contribution in [-0.2, 0) is 13.2 Å². The Morgan fingerprint density at radius 2 is 1.42 bits per heavy atom. The fourth-order valence-electron chi connectivity index (χ4n) is 4.01. The van der Waals surface area contributed by atoms with Gasteiger partial charge in [-0.05, 0) is 64.4 Å². The molecular formula is C32H25ClN2O3. The highest BCUT2D eigenvalue weighted by Gasteiger charge is 2.12. The van der Waals surface area contributed by atoms with Crippen LogP contribution in [0.15, 0.2) is 120 Å². The molecule has 0 unspecified atom stereocenters. The maximum Gasteiger partial charge on any atom is 0.275 e. The predicted molar refractivity (Wildman–Crippen MR) is 152 cm³/mol. The van der Waals surface area contributed by atoms with Gasteiger partial charge in [-0.25, -0.2) is 5.43 Å². The molecule has 0 aromatic heterocycles. The molecule has 1 N–H and O–H groups in total. The summed E-state index contributed by atoms with van der Waals surface area (Å²) in [7, 11) is 0. The monoisotopic (exact) mass is 520 g/mol. The first kappa shape index (κ1) is 25.1. The molecule has 0 aliphatic heterocycles. The van der Waals surface area contributed by atoms with Crippen molar-refractivity contribution in [3.63, 3.8) is 0 Å². The molecular weight excluding hydrogens is 496 g/mol. The molecule has 188 valence electrons. The fraction of sp³-hybridized carbons (Fsp3) is 0.0625. The van der Waals surface area contributed by atoms with Crippen molar-refractivity contribution in [1.29, 1.82) is 0 Å². The van der Waals surface area contributed by atoms with E-state index in [1.165, 1.54) is 10.8 Å². The Bertz CT molecular complexity index is 1580. The zero-order valence-electron chi connectivity index (χ0n) is 20.5. The van der Waals surface area contributed by atoms with Gasteiger partial charge in [-0.15, -0.1) is 0 Å². The van der Waals surface area contributed by atoms with Crippen LogP contribution >= 0.6 is 11.6 Å². The van der Waals surface area contributed by atoms with Crippen LogP contribution in [0.3, 0.4) is 0 Å². The van der Waals surface area contributed by atoms with E-state index in [0.717, 1.165) is 22.4 Å². The average molecular weight is 521 g/mol. The summed E-state index contributed by atoms with van der Waals surface area (Å²) in [5.41, 5.74) is 5.75. The molecule has 6 heteroatoms. The summed E-state index contributed by atoms with van der Waals surface area (Å²) in [6.45, 7) is 0.727. The maximum absolute atomic E-state index is 12.8. The zero-order chi connectivity index (χ0) is 26.2. The standard InChI is InChI=1S/C32H25ClN2O3/c33-30-14-5-2-9-26(30)22-38-31-15-6-4-13-29(31)32(36)35-34-20-23-16-18-27(19-17-23)37-21-25-11-7-10-24-8-1-3-12-28(24)25/h1-20H,21-22H2,(H,35,36)/b34-20+. The van der Waals surface area contributed by atoms with Gasteiger partial charge in [0.15, 0.2) is 0 Å². The molecule has 0 atom stereocenters. The number of halogens is 1. The van der Waals surface area contributed by atoms with Crippen molar-refractivity contribution >= 4 is 34.5 Å². The quantitative estimate of drug-likeness (QED) is 0.162. The van der Waals surface area contributed by atoms with Gasteiger partial charge in [-0.3, -0.25) is 4.79 Å². The van der Waals surface area contributed by atoms with E-state index in [1.807, 2.05) is 66.7 Å². The number of carbonyl (C=O) groups is 1. The van der Waals surface area contributed by atoms with Crippen molar-refractivity contribution < 1.29 is 14.3 Å². The van der Waals surface area contributed by atoms with E-state index in [2.05, 4.69) is 34.8 Å². The lowest BCUT2D eigenvalue weighted by Gasteiger charge is -2.11. The van der Waals surface area contributed by atoms with E-state index >= 15 is 0 Å². The second kappa shape index (κ2) is 12.1. The smallest absolute Gasteiger partial charge is 0.275 e. The van der Waals surface area contributed by atoms with Crippen LogP contribution in [0.5, 0.6) is 11.5 Å². The Morgan fingerprint density at radius 3 is 2.29 bits per heavy atom. The molecule has 5 aromatic rings. The number of hydrogen-bond acceptors (Lipinski definition) is 4. The minimum Gasteiger partial charge on any atom is -0.489 e. The lowest BCUT2D eigenvalue weighted by Crippen LogP contribution is -2.18. The molecule has 5 aromatic carbocycles. The molecule has 0 radical (unpaired) electrons. The number of nitrogens with zero attached hydrogens (tertiary/aromatic N) is 1. The second-order valence-corrected chi connectivity index (χ2v) is 8.98.